The van der Waals surface area contributed by atoms with E-state index in [2.05, 4.69) is 89.2 Å². The lowest BCUT2D eigenvalue weighted by Gasteiger charge is -2.54. The summed E-state index contributed by atoms with van der Waals surface area (Å²) in [5.74, 6) is -0.621. The number of nitrogens with zero attached hydrogens (tertiary/aromatic N) is 3. The smallest absolute Gasteiger partial charge is 0.336 e. The molecule has 0 N–H and O–H groups in total. The van der Waals surface area contributed by atoms with Gasteiger partial charge in [0.2, 0.25) is 0 Å². The highest BCUT2D eigenvalue weighted by Gasteiger charge is 2.48. The van der Waals surface area contributed by atoms with Crippen molar-refractivity contribution in [3.8, 4) is 0 Å². The molecule has 3 aliphatic heterocycles. The first kappa shape index (κ1) is 38.8. The fourth-order valence-corrected chi connectivity index (χ4v) is 9.26. The second-order valence-electron chi connectivity index (χ2n) is 14.9. The molecule has 1 radical (unpaired) electrons. The van der Waals surface area contributed by atoms with Crippen LogP contribution in [0.2, 0.25) is 5.02 Å². The van der Waals surface area contributed by atoms with Crippen molar-refractivity contribution in [2.24, 2.45) is 0 Å². The Morgan fingerprint density at radius 3 is 1.81 bits per heavy atom. The fraction of sp³-hybridized carbons (Fsp3) is 0.444. The molecule has 3 aromatic rings. The van der Waals surface area contributed by atoms with Gasteiger partial charge >= 0.3 is 11.9 Å². The molecule has 7 nitrogen and oxygen atoms in total. The first-order chi connectivity index (χ1) is 25.7. The van der Waals surface area contributed by atoms with E-state index in [1.54, 1.807) is 6.07 Å². The third-order valence-electron chi connectivity index (χ3n) is 12.0. The maximum absolute atomic E-state index is 14.5. The van der Waals surface area contributed by atoms with Gasteiger partial charge in [-0.05, 0) is 114 Å². The Morgan fingerprint density at radius 2 is 1.28 bits per heavy atom. The lowest BCUT2D eigenvalue weighted by atomic mass is 9.78. The number of esters is 2. The van der Waals surface area contributed by atoms with Crippen LogP contribution in [0, 0.1) is 6.92 Å². The average Bonchev–Trinajstić information content (AvgIpc) is 3.20. The van der Waals surface area contributed by atoms with Gasteiger partial charge < -0.3 is 19.3 Å². The van der Waals surface area contributed by atoms with Gasteiger partial charge in [-0.15, -0.1) is 0 Å². The molecule has 281 valence electrons. The Hall–Kier alpha value is -3.91. The maximum atomic E-state index is 14.5. The van der Waals surface area contributed by atoms with Crippen molar-refractivity contribution in [1.29, 1.82) is 0 Å². The molecule has 2 unspecified atom stereocenters. The van der Waals surface area contributed by atoms with Crippen LogP contribution in [0.25, 0.3) is 0 Å². The molecule has 2 atom stereocenters. The molecule has 0 spiro atoms. The third kappa shape index (κ3) is 8.28. The van der Waals surface area contributed by atoms with E-state index in [4.69, 9.17) is 21.1 Å². The van der Waals surface area contributed by atoms with Crippen molar-refractivity contribution in [3.63, 3.8) is 0 Å². The minimum atomic E-state index is -0.755. The molecular formula is C45H55ClN3O4. The standard InChI is InChI=1S/C45H55ClN3O4/c1-6-45(4,48-29-24-37(25-30-48)35-18-11-8-12-19-35)49-32(2)40(43(50)52-5)42(38-20-13-14-21-39(38)46)41(33(49)3)44(51)53-31-15-26-47-27-22-36(23-28-47)34-16-9-7-10-17-34/h7-14,16-21,36-37,42H,1,6,15,22-31H2,2-5H3. The van der Waals surface area contributed by atoms with Crippen LogP contribution in [0.15, 0.2) is 107 Å². The largest absolute Gasteiger partial charge is 0.466 e. The molecule has 2 saturated heterocycles. The molecule has 0 saturated carbocycles. The molecule has 0 bridgehead atoms. The molecule has 6 rings (SSSR count). The SMILES string of the molecule is [CH2]CC(C)(N1CCC(c2ccccc2)CC1)N1C(C)=C(C(=O)OC)C(c2ccccc2Cl)C(C(=O)OCCCN2CCC(c3ccccc3)CC2)=C1C. The summed E-state index contributed by atoms with van der Waals surface area (Å²) < 4.78 is 11.6. The molecule has 3 aliphatic rings. The highest BCUT2D eigenvalue weighted by atomic mass is 35.5. The van der Waals surface area contributed by atoms with Gasteiger partial charge in [0.25, 0.3) is 0 Å². The molecule has 2 fully saturated rings. The molecule has 0 aliphatic carbocycles. The van der Waals surface area contributed by atoms with Crippen LogP contribution < -0.4 is 0 Å². The summed E-state index contributed by atoms with van der Waals surface area (Å²) in [5.41, 5.74) is 5.09. The third-order valence-corrected chi connectivity index (χ3v) is 12.3. The van der Waals surface area contributed by atoms with E-state index in [1.807, 2.05) is 32.0 Å². The molecule has 3 heterocycles. The zero-order chi connectivity index (χ0) is 37.5. The second kappa shape index (κ2) is 17.5. The van der Waals surface area contributed by atoms with E-state index in [0.29, 0.717) is 40.0 Å². The van der Waals surface area contributed by atoms with Crippen LogP contribution in [0.5, 0.6) is 0 Å². The summed E-state index contributed by atoms with van der Waals surface area (Å²) in [7, 11) is 1.39. The van der Waals surface area contributed by atoms with Crippen molar-refractivity contribution in [2.45, 2.75) is 82.7 Å². The zero-order valence-corrected chi connectivity index (χ0v) is 32.6. The van der Waals surface area contributed by atoms with Gasteiger partial charge in [0.15, 0.2) is 0 Å². The zero-order valence-electron chi connectivity index (χ0n) is 31.9. The first-order valence-corrected chi connectivity index (χ1v) is 19.6. The molecule has 3 aromatic carbocycles. The Balaban J connectivity index is 1.25. The number of carbonyl (C=O) groups is 2. The van der Waals surface area contributed by atoms with Gasteiger partial charge in [0.1, 0.15) is 0 Å². The summed E-state index contributed by atoms with van der Waals surface area (Å²) in [6.45, 7) is 15.4. The summed E-state index contributed by atoms with van der Waals surface area (Å²) in [5, 5.41) is 0.472. The Labute approximate surface area is 321 Å². The number of hydrogen-bond acceptors (Lipinski definition) is 7. The van der Waals surface area contributed by atoms with E-state index >= 15 is 0 Å². The number of allylic oxidation sites excluding steroid dienone is 2. The highest BCUT2D eigenvalue weighted by molar-refractivity contribution is 6.31. The second-order valence-corrected chi connectivity index (χ2v) is 15.3. The van der Waals surface area contributed by atoms with Crippen molar-refractivity contribution < 1.29 is 19.1 Å². The lowest BCUT2D eigenvalue weighted by molar-refractivity contribution is -0.140. The molecule has 8 heteroatoms. The van der Waals surface area contributed by atoms with E-state index < -0.39 is 23.5 Å². The monoisotopic (exact) mass is 736 g/mol. The maximum Gasteiger partial charge on any atom is 0.336 e. The average molecular weight is 737 g/mol. The Bertz CT molecular complexity index is 1780. The van der Waals surface area contributed by atoms with Crippen LogP contribution in [0.4, 0.5) is 0 Å². The van der Waals surface area contributed by atoms with E-state index in [9.17, 15) is 9.59 Å². The summed E-state index contributed by atoms with van der Waals surface area (Å²) in [6, 6.07) is 28.9. The number of rotatable bonds is 12. The number of benzene rings is 3. The van der Waals surface area contributed by atoms with Crippen LogP contribution >= 0.6 is 11.6 Å². The first-order valence-electron chi connectivity index (χ1n) is 19.3. The number of hydrogen-bond donors (Lipinski definition) is 0. The number of carbonyl (C=O) groups excluding carboxylic acids is 2. The van der Waals surface area contributed by atoms with Gasteiger partial charge in [0.05, 0.1) is 36.4 Å². The number of halogens is 1. The topological polar surface area (TPSA) is 62.3 Å². The van der Waals surface area contributed by atoms with Crippen LogP contribution in [0.3, 0.4) is 0 Å². The summed E-state index contributed by atoms with van der Waals surface area (Å²) in [4.78, 5) is 35.4. The van der Waals surface area contributed by atoms with Crippen LogP contribution in [-0.4, -0.2) is 78.7 Å². The molecule has 0 amide bonds. The lowest BCUT2D eigenvalue weighted by Crippen LogP contribution is -2.60. The molecule has 0 aromatic heterocycles. The number of methoxy groups -OCH3 is 1. The predicted octanol–water partition coefficient (Wildman–Crippen LogP) is 9.09. The number of likely N-dealkylation sites (tertiary alicyclic amines) is 2. The normalized spacial score (nSPS) is 20.7. The van der Waals surface area contributed by atoms with Gasteiger partial charge in [-0.25, -0.2) is 9.59 Å². The summed E-state index contributed by atoms with van der Waals surface area (Å²) >= 11 is 6.85. The quantitative estimate of drug-likeness (QED) is 0.136. The van der Waals surface area contributed by atoms with Crippen LogP contribution in [0.1, 0.15) is 93.7 Å². The van der Waals surface area contributed by atoms with Crippen molar-refractivity contribution in [3.05, 3.63) is 136 Å². The molecule has 53 heavy (non-hydrogen) atoms. The Kier molecular flexibility index (Phi) is 12.8. The molecular weight excluding hydrogens is 682 g/mol. The van der Waals surface area contributed by atoms with E-state index in [-0.39, 0.29) is 6.61 Å². The van der Waals surface area contributed by atoms with Gasteiger partial charge in [0, 0.05) is 36.1 Å². The van der Waals surface area contributed by atoms with Gasteiger partial charge in [-0.2, -0.15) is 0 Å². The van der Waals surface area contributed by atoms with Crippen molar-refractivity contribution in [2.75, 3.05) is 46.4 Å². The number of ether oxygens (including phenoxy) is 2. The Morgan fingerprint density at radius 1 is 0.774 bits per heavy atom. The fourth-order valence-electron chi connectivity index (χ4n) is 9.02. The highest BCUT2D eigenvalue weighted by Crippen LogP contribution is 2.48. The van der Waals surface area contributed by atoms with E-state index in [1.165, 1.54) is 18.2 Å². The minimum Gasteiger partial charge on any atom is -0.466 e. The summed E-state index contributed by atoms with van der Waals surface area (Å²) in [6.07, 6.45) is 5.50. The van der Waals surface area contributed by atoms with Crippen molar-refractivity contribution in [1.82, 2.24) is 14.7 Å². The number of piperidine rings is 2. The van der Waals surface area contributed by atoms with Gasteiger partial charge in [-0.3, -0.25) is 4.90 Å². The van der Waals surface area contributed by atoms with Crippen molar-refractivity contribution >= 4 is 23.5 Å². The predicted molar refractivity (Wildman–Crippen MR) is 212 cm³/mol. The van der Waals surface area contributed by atoms with Crippen LogP contribution in [-0.2, 0) is 19.1 Å². The van der Waals surface area contributed by atoms with Gasteiger partial charge in [-0.1, -0.05) is 90.5 Å². The van der Waals surface area contributed by atoms with E-state index in [0.717, 1.165) is 76.2 Å². The minimum absolute atomic E-state index is 0.277.